The van der Waals surface area contributed by atoms with Gasteiger partial charge in [0.25, 0.3) is 15.6 Å². The van der Waals surface area contributed by atoms with Crippen molar-refractivity contribution in [2.45, 2.75) is 44.4 Å². The Kier molecular flexibility index (Phi) is 5.89. The Hall–Kier alpha value is -2.88. The van der Waals surface area contributed by atoms with Gasteiger partial charge < -0.3 is 10.3 Å². The number of hydrogen-bond donors (Lipinski definition) is 4. The highest BCUT2D eigenvalue weighted by Crippen LogP contribution is 2.32. The predicted molar refractivity (Wildman–Crippen MR) is 102 cm³/mol. The molecule has 0 unspecified atom stereocenters. The number of rotatable bonds is 5. The van der Waals surface area contributed by atoms with Crippen molar-refractivity contribution in [3.8, 4) is 0 Å². The van der Waals surface area contributed by atoms with E-state index in [4.69, 9.17) is 0 Å². The van der Waals surface area contributed by atoms with Gasteiger partial charge in [0.1, 0.15) is 0 Å². The maximum Gasteiger partial charge on any atom is 0.333 e. The molecule has 0 saturated heterocycles. The maximum absolute atomic E-state index is 12.3. The third kappa shape index (κ3) is 4.64. The number of carbonyl (C=O) groups is 1. The van der Waals surface area contributed by atoms with Crippen LogP contribution in [0.25, 0.3) is 0 Å². The van der Waals surface area contributed by atoms with Crippen LogP contribution in [0.5, 0.6) is 0 Å². The molecule has 1 heterocycles. The second-order valence-electron chi connectivity index (χ2n) is 6.62. The molecule has 2 amide bonds. The van der Waals surface area contributed by atoms with Gasteiger partial charge in [-0.2, -0.15) is 0 Å². The third-order valence-corrected chi connectivity index (χ3v) is 5.25. The van der Waals surface area contributed by atoms with Crippen LogP contribution in [0.2, 0.25) is 0 Å². The van der Waals surface area contributed by atoms with Crippen LogP contribution in [0.15, 0.2) is 38.9 Å². The van der Waals surface area contributed by atoms with Crippen LogP contribution in [-0.4, -0.2) is 24.4 Å². The first-order valence-corrected chi connectivity index (χ1v) is 9.80. The van der Waals surface area contributed by atoms with Crippen LogP contribution in [0.1, 0.15) is 50.7 Å². The van der Waals surface area contributed by atoms with Crippen molar-refractivity contribution in [1.82, 2.24) is 14.7 Å². The molecule has 1 aromatic carbocycles. The summed E-state index contributed by atoms with van der Waals surface area (Å²) in [5.74, 6) is 0.190. The molecule has 0 fully saturated rings. The first-order chi connectivity index (χ1) is 12.5. The summed E-state index contributed by atoms with van der Waals surface area (Å²) in [5, 5.41) is 2.59. The lowest BCUT2D eigenvalue weighted by Crippen LogP contribution is -2.38. The summed E-state index contributed by atoms with van der Waals surface area (Å²) >= 11 is 0. The Labute approximate surface area is 156 Å². The molecule has 0 aliphatic heterocycles. The molecule has 0 aliphatic rings. The van der Waals surface area contributed by atoms with Crippen molar-refractivity contribution in [2.75, 3.05) is 5.32 Å². The monoisotopic (exact) mass is 394 g/mol. The number of amides is 2. The number of urea groups is 1. The average molecular weight is 394 g/mol. The molecule has 10 heteroatoms. The summed E-state index contributed by atoms with van der Waals surface area (Å²) in [5.41, 5.74) is 0.275. The van der Waals surface area contributed by atoms with Crippen LogP contribution < -0.4 is 21.3 Å². The number of anilines is 1. The number of H-pyrrole nitrogens is 2. The quantitative estimate of drug-likeness (QED) is 0.612. The second-order valence-corrected chi connectivity index (χ2v) is 8.27. The number of nitrogens with one attached hydrogen (secondary N) is 4. The van der Waals surface area contributed by atoms with Gasteiger partial charge in [0.05, 0.1) is 0 Å². The zero-order chi connectivity index (χ0) is 20.4. The van der Waals surface area contributed by atoms with Crippen LogP contribution in [0, 0.1) is 0 Å². The molecule has 0 aliphatic carbocycles. The van der Waals surface area contributed by atoms with E-state index in [2.05, 4.69) is 10.3 Å². The number of aromatic nitrogens is 2. The number of carbonyl (C=O) groups excluding carboxylic acids is 1. The van der Waals surface area contributed by atoms with Gasteiger partial charge in [0, 0.05) is 11.9 Å². The van der Waals surface area contributed by atoms with Gasteiger partial charge in [0.15, 0.2) is 4.90 Å². The smallest absolute Gasteiger partial charge is 0.313 e. The standard InChI is InChI=1S/C17H22N4O5S/c1-9(2)11-6-5-7-12(10(3)4)14(11)19-17(24)21-27(25,26)13-8-18-16(23)20-15(13)22/h5-10H,1-4H3,(H2,19,21,24)(H2,18,20,22,23). The highest BCUT2D eigenvalue weighted by molar-refractivity contribution is 7.90. The molecule has 0 radical (unpaired) electrons. The van der Waals surface area contributed by atoms with Crippen molar-refractivity contribution in [1.29, 1.82) is 0 Å². The van der Waals surface area contributed by atoms with Gasteiger partial charge in [0.2, 0.25) is 0 Å². The fourth-order valence-corrected chi connectivity index (χ4v) is 3.52. The molecule has 0 bridgehead atoms. The molecule has 2 aromatic rings. The Morgan fingerprint density at radius 3 is 2.07 bits per heavy atom. The molecular weight excluding hydrogens is 372 g/mol. The fraction of sp³-hybridized carbons (Fsp3) is 0.353. The number of hydrogen-bond acceptors (Lipinski definition) is 5. The van der Waals surface area contributed by atoms with Gasteiger partial charge in [-0.05, 0) is 23.0 Å². The fourth-order valence-electron chi connectivity index (χ4n) is 2.61. The third-order valence-electron chi connectivity index (χ3n) is 3.91. The van der Waals surface area contributed by atoms with Gasteiger partial charge in [-0.15, -0.1) is 0 Å². The molecule has 9 nitrogen and oxygen atoms in total. The number of para-hydroxylation sites is 1. The normalized spacial score (nSPS) is 11.6. The topological polar surface area (TPSA) is 141 Å². The van der Waals surface area contributed by atoms with E-state index in [0.29, 0.717) is 5.69 Å². The van der Waals surface area contributed by atoms with E-state index >= 15 is 0 Å². The Balaban J connectivity index is 2.35. The zero-order valence-electron chi connectivity index (χ0n) is 15.4. The predicted octanol–water partition coefficient (Wildman–Crippen LogP) is 1.82. The van der Waals surface area contributed by atoms with Gasteiger partial charge in [-0.3, -0.25) is 9.78 Å². The Bertz CT molecular complexity index is 1040. The summed E-state index contributed by atoms with van der Waals surface area (Å²) in [7, 11) is -4.47. The van der Waals surface area contributed by atoms with Gasteiger partial charge in [-0.25, -0.2) is 22.7 Å². The van der Waals surface area contributed by atoms with E-state index in [1.165, 1.54) is 0 Å². The summed E-state index contributed by atoms with van der Waals surface area (Å²) in [6.45, 7) is 7.83. The molecule has 146 valence electrons. The maximum atomic E-state index is 12.3. The van der Waals surface area contributed by atoms with E-state index in [9.17, 15) is 22.8 Å². The SMILES string of the molecule is CC(C)c1cccc(C(C)C)c1NC(=O)NS(=O)(=O)c1c[nH]c(=O)[nH]c1=O. The summed E-state index contributed by atoms with van der Waals surface area (Å²) in [4.78, 5) is 38.1. The van der Waals surface area contributed by atoms with E-state index < -0.39 is 32.2 Å². The minimum absolute atomic E-state index is 0.0950. The number of sulfonamides is 1. The van der Waals surface area contributed by atoms with E-state index in [0.717, 1.165) is 17.3 Å². The largest absolute Gasteiger partial charge is 0.333 e. The number of benzene rings is 1. The van der Waals surface area contributed by atoms with Crippen molar-refractivity contribution in [2.24, 2.45) is 0 Å². The van der Waals surface area contributed by atoms with Crippen LogP contribution >= 0.6 is 0 Å². The average Bonchev–Trinajstić information content (AvgIpc) is 2.53. The van der Waals surface area contributed by atoms with Gasteiger partial charge >= 0.3 is 11.7 Å². The Morgan fingerprint density at radius 1 is 1.04 bits per heavy atom. The molecule has 27 heavy (non-hydrogen) atoms. The molecular formula is C17H22N4O5S. The summed E-state index contributed by atoms with van der Waals surface area (Å²) < 4.78 is 26.4. The molecule has 2 rings (SSSR count). The molecule has 0 atom stereocenters. The minimum atomic E-state index is -4.47. The van der Waals surface area contributed by atoms with Crippen LogP contribution in [0.3, 0.4) is 0 Å². The number of aromatic amines is 2. The Morgan fingerprint density at radius 2 is 1.59 bits per heavy atom. The van der Waals surface area contributed by atoms with Crippen LogP contribution in [-0.2, 0) is 10.0 Å². The lowest BCUT2D eigenvalue weighted by atomic mass is 9.93. The lowest BCUT2D eigenvalue weighted by Gasteiger charge is -2.20. The van der Waals surface area contributed by atoms with Crippen molar-refractivity contribution < 1.29 is 13.2 Å². The minimum Gasteiger partial charge on any atom is -0.313 e. The van der Waals surface area contributed by atoms with Crippen molar-refractivity contribution >= 4 is 21.7 Å². The molecule has 0 spiro atoms. The van der Waals surface area contributed by atoms with Crippen molar-refractivity contribution in [3.05, 3.63) is 56.4 Å². The highest BCUT2D eigenvalue weighted by Gasteiger charge is 2.23. The van der Waals surface area contributed by atoms with Crippen molar-refractivity contribution in [3.63, 3.8) is 0 Å². The molecule has 1 aromatic heterocycles. The first-order valence-electron chi connectivity index (χ1n) is 8.31. The molecule has 4 N–H and O–H groups in total. The van der Waals surface area contributed by atoms with Crippen LogP contribution in [0.4, 0.5) is 10.5 Å². The summed E-state index contributed by atoms with van der Waals surface area (Å²) in [6, 6.07) is 4.58. The highest BCUT2D eigenvalue weighted by atomic mass is 32.2. The zero-order valence-corrected chi connectivity index (χ0v) is 16.2. The van der Waals surface area contributed by atoms with E-state index in [1.807, 2.05) is 45.9 Å². The summed E-state index contributed by atoms with van der Waals surface area (Å²) in [6.07, 6.45) is 0.735. The second kappa shape index (κ2) is 7.78. The van der Waals surface area contributed by atoms with Gasteiger partial charge in [-0.1, -0.05) is 45.9 Å². The molecule has 0 saturated carbocycles. The lowest BCUT2D eigenvalue weighted by molar-refractivity contribution is 0.256. The first kappa shape index (κ1) is 20.4. The van der Waals surface area contributed by atoms with E-state index in [1.54, 1.807) is 9.71 Å². The van der Waals surface area contributed by atoms with E-state index in [-0.39, 0.29) is 11.8 Å².